The summed E-state index contributed by atoms with van der Waals surface area (Å²) >= 11 is 0. The van der Waals surface area contributed by atoms with Gasteiger partial charge in [0.15, 0.2) is 0 Å². The summed E-state index contributed by atoms with van der Waals surface area (Å²) in [6.07, 6.45) is 3.70. The molecular formula is C21H32N2O5. The molecule has 7 nitrogen and oxygen atoms in total. The molecular weight excluding hydrogens is 360 g/mol. The molecule has 1 aromatic rings. The first-order chi connectivity index (χ1) is 13.2. The fraction of sp³-hybridized carbons (Fsp3) is 0.667. The zero-order valence-corrected chi connectivity index (χ0v) is 17.5. The molecule has 2 heterocycles. The lowest BCUT2D eigenvalue weighted by Crippen LogP contribution is -2.42. The van der Waals surface area contributed by atoms with E-state index in [9.17, 15) is 14.4 Å². The first-order valence-electron chi connectivity index (χ1n) is 9.93. The van der Waals surface area contributed by atoms with Crippen LogP contribution in [0.3, 0.4) is 0 Å². The van der Waals surface area contributed by atoms with Gasteiger partial charge >= 0.3 is 11.6 Å². The summed E-state index contributed by atoms with van der Waals surface area (Å²) in [5, 5.41) is 2.85. The zero-order chi connectivity index (χ0) is 20.8. The Bertz CT molecular complexity index is 756. The monoisotopic (exact) mass is 392 g/mol. The van der Waals surface area contributed by atoms with Crippen LogP contribution in [0.5, 0.6) is 0 Å². The van der Waals surface area contributed by atoms with Crippen LogP contribution in [0.25, 0.3) is 0 Å². The Morgan fingerprint density at radius 2 is 2.00 bits per heavy atom. The van der Waals surface area contributed by atoms with Crippen molar-refractivity contribution >= 4 is 11.9 Å². The number of nitrogens with one attached hydrogen (secondary N) is 1. The molecule has 1 aliphatic rings. The molecule has 1 N–H and O–H groups in total. The summed E-state index contributed by atoms with van der Waals surface area (Å²) in [6.45, 7) is 6.41. The number of likely N-dealkylation sites (N-methyl/N-ethyl adjacent to an activating group) is 1. The summed E-state index contributed by atoms with van der Waals surface area (Å²) in [4.78, 5) is 38.5. The molecule has 0 spiro atoms. The molecule has 0 aromatic carbocycles. The van der Waals surface area contributed by atoms with Crippen molar-refractivity contribution in [2.45, 2.75) is 65.0 Å². The number of carbonyl (C=O) groups is 2. The lowest BCUT2D eigenvalue weighted by atomic mass is 10.0. The Hall–Kier alpha value is -2.15. The minimum atomic E-state index is -0.584. The van der Waals surface area contributed by atoms with Crippen molar-refractivity contribution in [2.24, 2.45) is 5.92 Å². The van der Waals surface area contributed by atoms with Crippen LogP contribution in [0.2, 0.25) is 0 Å². The van der Waals surface area contributed by atoms with Crippen LogP contribution >= 0.6 is 0 Å². The predicted molar refractivity (Wildman–Crippen MR) is 106 cm³/mol. The Morgan fingerprint density at radius 3 is 2.61 bits per heavy atom. The molecule has 1 aliphatic heterocycles. The second-order valence-electron chi connectivity index (χ2n) is 8.03. The minimum Gasteiger partial charge on any atom is -0.469 e. The first kappa shape index (κ1) is 22.1. The maximum atomic E-state index is 12.6. The van der Waals surface area contributed by atoms with Crippen LogP contribution in [-0.2, 0) is 16.0 Å². The molecule has 7 heteroatoms. The third-order valence-corrected chi connectivity index (χ3v) is 5.51. The summed E-state index contributed by atoms with van der Waals surface area (Å²) in [7, 11) is 3.33. The summed E-state index contributed by atoms with van der Waals surface area (Å²) in [5.41, 5.74) is 0.121. The topological polar surface area (TPSA) is 88.8 Å². The number of hydrogen-bond donors (Lipinski definition) is 1. The number of likely N-dealkylation sites (tertiary alicyclic amines) is 1. The average molecular weight is 392 g/mol. The van der Waals surface area contributed by atoms with Crippen molar-refractivity contribution in [3.8, 4) is 0 Å². The van der Waals surface area contributed by atoms with Crippen molar-refractivity contribution in [1.29, 1.82) is 0 Å². The molecule has 0 bridgehead atoms. The number of aryl methyl sites for hydroxylation is 2. The van der Waals surface area contributed by atoms with Gasteiger partial charge < -0.3 is 14.5 Å². The average Bonchev–Trinajstić information content (AvgIpc) is 2.97. The highest BCUT2D eigenvalue weighted by molar-refractivity contribution is 5.95. The number of amides is 1. The maximum absolute atomic E-state index is 12.6. The second kappa shape index (κ2) is 9.87. The van der Waals surface area contributed by atoms with Gasteiger partial charge in [-0.1, -0.05) is 13.8 Å². The largest absolute Gasteiger partial charge is 0.469 e. The number of ether oxygens (including phenoxy) is 1. The highest BCUT2D eigenvalue weighted by Gasteiger charge is 2.32. The van der Waals surface area contributed by atoms with E-state index in [4.69, 9.17) is 9.15 Å². The zero-order valence-electron chi connectivity index (χ0n) is 17.5. The highest BCUT2D eigenvalue weighted by atomic mass is 16.5. The molecule has 28 heavy (non-hydrogen) atoms. The molecule has 0 aliphatic carbocycles. The van der Waals surface area contributed by atoms with E-state index in [0.29, 0.717) is 36.6 Å². The van der Waals surface area contributed by atoms with Gasteiger partial charge in [-0.25, -0.2) is 4.79 Å². The molecule has 1 fully saturated rings. The van der Waals surface area contributed by atoms with Gasteiger partial charge in [-0.15, -0.1) is 0 Å². The van der Waals surface area contributed by atoms with Crippen LogP contribution in [0.1, 0.15) is 61.2 Å². The molecule has 156 valence electrons. The number of rotatable bonds is 8. The summed E-state index contributed by atoms with van der Waals surface area (Å²) in [6, 6.07) is 2.02. The van der Waals surface area contributed by atoms with Gasteiger partial charge in [-0.05, 0) is 50.8 Å². The molecule has 0 radical (unpaired) electrons. The quantitative estimate of drug-likeness (QED) is 0.683. The summed E-state index contributed by atoms with van der Waals surface area (Å²) < 4.78 is 10.1. The number of nitrogens with zero attached hydrogens (tertiary/aromatic N) is 1. The third-order valence-electron chi connectivity index (χ3n) is 5.51. The van der Waals surface area contributed by atoms with E-state index in [1.54, 1.807) is 13.0 Å². The van der Waals surface area contributed by atoms with Crippen molar-refractivity contribution in [3.05, 3.63) is 33.4 Å². The van der Waals surface area contributed by atoms with E-state index in [1.165, 1.54) is 7.11 Å². The van der Waals surface area contributed by atoms with Crippen molar-refractivity contribution < 1.29 is 18.7 Å². The van der Waals surface area contributed by atoms with E-state index < -0.39 is 11.5 Å². The second-order valence-corrected chi connectivity index (χ2v) is 8.03. The number of hydrogen-bond acceptors (Lipinski definition) is 6. The lowest BCUT2D eigenvalue weighted by Gasteiger charge is -2.25. The van der Waals surface area contributed by atoms with E-state index in [0.717, 1.165) is 19.3 Å². The SMILES string of the molecule is COC(=O)C[C@H]1CC[C@@H](CNC(=O)c2c(C)cc(CCC(C)C)oc2=O)N1C. The van der Waals surface area contributed by atoms with E-state index in [1.807, 2.05) is 7.05 Å². The fourth-order valence-corrected chi connectivity index (χ4v) is 3.66. The number of methoxy groups -OCH3 is 1. The van der Waals surface area contributed by atoms with Crippen molar-refractivity contribution in [2.75, 3.05) is 20.7 Å². The Kier molecular flexibility index (Phi) is 7.80. The van der Waals surface area contributed by atoms with Gasteiger partial charge in [-0.3, -0.25) is 14.5 Å². The Morgan fingerprint density at radius 1 is 1.32 bits per heavy atom. The van der Waals surface area contributed by atoms with Gasteiger partial charge in [0.1, 0.15) is 11.3 Å². The van der Waals surface area contributed by atoms with E-state index in [2.05, 4.69) is 24.1 Å². The van der Waals surface area contributed by atoms with Crippen LogP contribution in [0, 0.1) is 12.8 Å². The fourth-order valence-electron chi connectivity index (χ4n) is 3.66. The van der Waals surface area contributed by atoms with E-state index >= 15 is 0 Å². The van der Waals surface area contributed by atoms with Gasteiger partial charge in [0, 0.05) is 25.0 Å². The predicted octanol–water partition coefficient (Wildman–Crippen LogP) is 2.29. The lowest BCUT2D eigenvalue weighted by molar-refractivity contribution is -0.141. The van der Waals surface area contributed by atoms with Crippen LogP contribution < -0.4 is 10.9 Å². The highest BCUT2D eigenvalue weighted by Crippen LogP contribution is 2.24. The Labute approximate surface area is 166 Å². The van der Waals surface area contributed by atoms with Crippen molar-refractivity contribution in [3.63, 3.8) is 0 Å². The molecule has 0 saturated carbocycles. The van der Waals surface area contributed by atoms with Gasteiger partial charge in [-0.2, -0.15) is 0 Å². The molecule has 2 rings (SSSR count). The Balaban J connectivity index is 1.96. The van der Waals surface area contributed by atoms with Crippen LogP contribution in [0.15, 0.2) is 15.3 Å². The number of carbonyl (C=O) groups excluding carboxylic acids is 2. The number of esters is 1. The molecule has 0 unspecified atom stereocenters. The third kappa shape index (κ3) is 5.67. The normalized spacial score (nSPS) is 19.8. The van der Waals surface area contributed by atoms with E-state index in [-0.39, 0.29) is 23.6 Å². The standard InChI is InChI=1S/C21H32N2O5/c1-13(2)6-9-17-10-14(3)19(21(26)28-17)20(25)22-12-16-8-7-15(23(16)4)11-18(24)27-5/h10,13,15-16H,6-9,11-12H2,1-5H3,(H,22,25)/t15-,16+/m1/s1. The minimum absolute atomic E-state index is 0.0695. The molecule has 1 saturated heterocycles. The van der Waals surface area contributed by atoms with Gasteiger partial charge in [0.05, 0.1) is 13.5 Å². The first-order valence-corrected chi connectivity index (χ1v) is 9.93. The summed E-state index contributed by atoms with van der Waals surface area (Å²) in [5.74, 6) is 0.493. The van der Waals surface area contributed by atoms with Crippen LogP contribution in [0.4, 0.5) is 0 Å². The molecule has 1 aromatic heterocycles. The van der Waals surface area contributed by atoms with Crippen molar-refractivity contribution in [1.82, 2.24) is 10.2 Å². The molecule has 1 amide bonds. The van der Waals surface area contributed by atoms with Gasteiger partial charge in [0.25, 0.3) is 5.91 Å². The maximum Gasteiger partial charge on any atom is 0.349 e. The molecule has 2 atom stereocenters. The smallest absolute Gasteiger partial charge is 0.349 e. The van der Waals surface area contributed by atoms with Gasteiger partial charge in [0.2, 0.25) is 0 Å². The van der Waals surface area contributed by atoms with Crippen LogP contribution in [-0.4, -0.2) is 49.6 Å².